The second-order valence-corrected chi connectivity index (χ2v) is 8.24. The minimum atomic E-state index is -0.314. The maximum Gasteiger partial charge on any atom is 0.257 e. The molecule has 1 unspecified atom stereocenters. The van der Waals surface area contributed by atoms with Crippen LogP contribution in [-0.2, 0) is 9.53 Å². The first-order chi connectivity index (χ1) is 15.0. The summed E-state index contributed by atoms with van der Waals surface area (Å²) < 4.78 is 11.5. The summed E-state index contributed by atoms with van der Waals surface area (Å²) in [6.07, 6.45) is 3.44. The number of ether oxygens (including phenoxy) is 2. The van der Waals surface area contributed by atoms with E-state index >= 15 is 0 Å². The predicted molar refractivity (Wildman–Crippen MR) is 119 cm³/mol. The van der Waals surface area contributed by atoms with E-state index in [1.807, 2.05) is 18.2 Å². The molecule has 8 heteroatoms. The second-order valence-electron chi connectivity index (χ2n) is 8.24. The van der Waals surface area contributed by atoms with E-state index < -0.39 is 0 Å². The van der Waals surface area contributed by atoms with Gasteiger partial charge in [0, 0.05) is 12.8 Å². The molecule has 31 heavy (non-hydrogen) atoms. The van der Waals surface area contributed by atoms with E-state index in [-0.39, 0.29) is 24.5 Å². The van der Waals surface area contributed by atoms with E-state index in [2.05, 4.69) is 29.5 Å². The first-order valence-corrected chi connectivity index (χ1v) is 10.7. The molecular weight excluding hydrogens is 396 g/mol. The Kier molecular flexibility index (Phi) is 6.36. The summed E-state index contributed by atoms with van der Waals surface area (Å²) in [5.41, 5.74) is 1.56. The number of anilines is 3. The van der Waals surface area contributed by atoms with E-state index in [0.29, 0.717) is 47.6 Å². The Labute approximate surface area is 181 Å². The van der Waals surface area contributed by atoms with Gasteiger partial charge in [0.25, 0.3) is 5.91 Å². The first-order valence-electron chi connectivity index (χ1n) is 10.7. The van der Waals surface area contributed by atoms with Crippen LogP contribution in [0.4, 0.5) is 17.2 Å². The molecule has 1 fully saturated rings. The Morgan fingerprint density at radius 3 is 3.00 bits per heavy atom. The van der Waals surface area contributed by atoms with Crippen LogP contribution in [0, 0.1) is 5.92 Å². The van der Waals surface area contributed by atoms with Crippen molar-refractivity contribution in [3.05, 3.63) is 42.1 Å². The first kappa shape index (κ1) is 21.1. The highest BCUT2D eigenvalue weighted by molar-refractivity contribution is 6.08. The molecule has 8 nitrogen and oxygen atoms in total. The van der Waals surface area contributed by atoms with Gasteiger partial charge in [-0.05, 0) is 37.0 Å². The number of nitrogens with one attached hydrogen (secondary N) is 2. The number of carbonyl (C=O) groups is 2. The molecular formula is C23H28N4O4. The molecule has 2 aromatic rings. The summed E-state index contributed by atoms with van der Waals surface area (Å²) in [5.74, 6) is 1.20. The third-order valence-corrected chi connectivity index (χ3v) is 5.25. The smallest absolute Gasteiger partial charge is 0.257 e. The molecule has 0 spiro atoms. The van der Waals surface area contributed by atoms with E-state index in [1.54, 1.807) is 17.0 Å². The number of pyridine rings is 1. The number of rotatable bonds is 7. The number of carbonyl (C=O) groups excluding carboxylic acids is 2. The van der Waals surface area contributed by atoms with Gasteiger partial charge in [-0.15, -0.1) is 0 Å². The van der Waals surface area contributed by atoms with Crippen molar-refractivity contribution in [3.63, 3.8) is 0 Å². The van der Waals surface area contributed by atoms with Crippen LogP contribution in [0.3, 0.4) is 0 Å². The van der Waals surface area contributed by atoms with Crippen LogP contribution in [0.25, 0.3) is 0 Å². The summed E-state index contributed by atoms with van der Waals surface area (Å²) in [6.45, 7) is 6.05. The summed E-state index contributed by atoms with van der Waals surface area (Å²) >= 11 is 0. The second kappa shape index (κ2) is 9.34. The highest BCUT2D eigenvalue weighted by Crippen LogP contribution is 2.31. The number of amides is 2. The van der Waals surface area contributed by atoms with Crippen LogP contribution in [-0.4, -0.2) is 49.2 Å². The Balaban J connectivity index is 1.54. The number of nitrogens with zero attached hydrogens (tertiary/aromatic N) is 2. The van der Waals surface area contributed by atoms with Crippen molar-refractivity contribution in [1.29, 1.82) is 0 Å². The van der Waals surface area contributed by atoms with Gasteiger partial charge in [-0.2, -0.15) is 0 Å². The van der Waals surface area contributed by atoms with Crippen LogP contribution < -0.4 is 20.3 Å². The van der Waals surface area contributed by atoms with Crippen LogP contribution >= 0.6 is 0 Å². The molecule has 0 radical (unpaired) electrons. The average molecular weight is 425 g/mol. The third-order valence-electron chi connectivity index (χ3n) is 5.25. The van der Waals surface area contributed by atoms with E-state index in [9.17, 15) is 9.59 Å². The molecule has 1 saturated heterocycles. The normalized spacial score (nSPS) is 18.0. The molecule has 2 amide bonds. The van der Waals surface area contributed by atoms with Crippen LogP contribution in [0.5, 0.6) is 5.75 Å². The van der Waals surface area contributed by atoms with Crippen LogP contribution in [0.15, 0.2) is 36.5 Å². The summed E-state index contributed by atoms with van der Waals surface area (Å²) in [4.78, 5) is 31.6. The van der Waals surface area contributed by atoms with Gasteiger partial charge >= 0.3 is 0 Å². The SMILES string of the molecule is CC(C)COc1ccccc1NC(=O)c1cnc2c(c1)N(CC1CCCO1)C(=O)CN2. The Morgan fingerprint density at radius 2 is 2.23 bits per heavy atom. The van der Waals surface area contributed by atoms with Gasteiger partial charge in [-0.1, -0.05) is 26.0 Å². The highest BCUT2D eigenvalue weighted by atomic mass is 16.5. The number of hydrogen-bond donors (Lipinski definition) is 2. The lowest BCUT2D eigenvalue weighted by Crippen LogP contribution is -2.44. The van der Waals surface area contributed by atoms with Crippen molar-refractivity contribution in [1.82, 2.24) is 4.98 Å². The molecule has 2 aliphatic heterocycles. The van der Waals surface area contributed by atoms with E-state index in [1.165, 1.54) is 6.20 Å². The average Bonchev–Trinajstić information content (AvgIpc) is 3.28. The van der Waals surface area contributed by atoms with Crippen molar-refractivity contribution >= 4 is 29.0 Å². The zero-order valence-corrected chi connectivity index (χ0v) is 17.9. The largest absolute Gasteiger partial charge is 0.491 e. The fraction of sp³-hybridized carbons (Fsp3) is 0.435. The Hall–Kier alpha value is -3.13. The van der Waals surface area contributed by atoms with Gasteiger partial charge in [-0.25, -0.2) is 4.98 Å². The van der Waals surface area contributed by atoms with Gasteiger partial charge in [0.1, 0.15) is 11.6 Å². The molecule has 4 rings (SSSR count). The zero-order chi connectivity index (χ0) is 21.8. The lowest BCUT2D eigenvalue weighted by Gasteiger charge is -2.31. The number of aromatic nitrogens is 1. The highest BCUT2D eigenvalue weighted by Gasteiger charge is 2.29. The van der Waals surface area contributed by atoms with Gasteiger partial charge in [0.05, 0.1) is 42.7 Å². The molecule has 0 aliphatic carbocycles. The number of para-hydroxylation sites is 2. The van der Waals surface area contributed by atoms with Crippen molar-refractivity contribution in [2.45, 2.75) is 32.8 Å². The third kappa shape index (κ3) is 4.96. The van der Waals surface area contributed by atoms with Crippen molar-refractivity contribution in [2.24, 2.45) is 5.92 Å². The molecule has 0 saturated carbocycles. The topological polar surface area (TPSA) is 92.8 Å². The Bertz CT molecular complexity index is 956. The standard InChI is InChI=1S/C23H28N4O4/c1-15(2)14-31-20-8-4-3-7-18(20)26-23(29)16-10-19-22(24-11-16)25-12-21(28)27(19)13-17-6-5-9-30-17/h3-4,7-8,10-11,15,17H,5-6,9,12-14H2,1-2H3,(H,24,25)(H,26,29). The molecule has 0 bridgehead atoms. The maximum atomic E-state index is 13.0. The fourth-order valence-electron chi connectivity index (χ4n) is 3.65. The number of fused-ring (bicyclic) bond motifs is 1. The van der Waals surface area contributed by atoms with E-state index in [0.717, 1.165) is 19.4 Å². The van der Waals surface area contributed by atoms with Gasteiger partial charge in [0.15, 0.2) is 0 Å². The van der Waals surface area contributed by atoms with Gasteiger partial charge in [-0.3, -0.25) is 9.59 Å². The fourth-order valence-corrected chi connectivity index (χ4v) is 3.65. The minimum absolute atomic E-state index is 0.0114. The molecule has 164 valence electrons. The van der Waals surface area contributed by atoms with Crippen LogP contribution in [0.1, 0.15) is 37.0 Å². The van der Waals surface area contributed by atoms with Gasteiger partial charge in [0.2, 0.25) is 5.91 Å². The monoisotopic (exact) mass is 424 g/mol. The lowest BCUT2D eigenvalue weighted by molar-refractivity contribution is -0.117. The van der Waals surface area contributed by atoms with Crippen LogP contribution in [0.2, 0.25) is 0 Å². The van der Waals surface area contributed by atoms with Crippen molar-refractivity contribution < 1.29 is 19.1 Å². The maximum absolute atomic E-state index is 13.0. The predicted octanol–water partition coefficient (Wildman–Crippen LogP) is 3.31. The molecule has 2 N–H and O–H groups in total. The molecule has 1 aromatic carbocycles. The Morgan fingerprint density at radius 1 is 1.39 bits per heavy atom. The molecule has 3 heterocycles. The zero-order valence-electron chi connectivity index (χ0n) is 17.9. The number of benzene rings is 1. The minimum Gasteiger partial charge on any atom is -0.491 e. The molecule has 1 atom stereocenters. The molecule has 2 aliphatic rings. The molecule has 1 aromatic heterocycles. The summed E-state index contributed by atoms with van der Waals surface area (Å²) in [7, 11) is 0. The summed E-state index contributed by atoms with van der Waals surface area (Å²) in [5, 5.41) is 5.93. The summed E-state index contributed by atoms with van der Waals surface area (Å²) in [6, 6.07) is 9.04. The van der Waals surface area contributed by atoms with Crippen molar-refractivity contribution in [3.8, 4) is 5.75 Å². The number of hydrogen-bond acceptors (Lipinski definition) is 6. The lowest BCUT2D eigenvalue weighted by atomic mass is 10.1. The van der Waals surface area contributed by atoms with Crippen molar-refractivity contribution in [2.75, 3.05) is 41.8 Å². The van der Waals surface area contributed by atoms with E-state index in [4.69, 9.17) is 9.47 Å². The van der Waals surface area contributed by atoms with Gasteiger partial charge < -0.3 is 25.0 Å². The quantitative estimate of drug-likeness (QED) is 0.708.